The summed E-state index contributed by atoms with van der Waals surface area (Å²) in [6.07, 6.45) is 2.32. The normalized spacial score (nSPS) is 11.3. The summed E-state index contributed by atoms with van der Waals surface area (Å²) < 4.78 is 6.15. The lowest BCUT2D eigenvalue weighted by molar-refractivity contribution is -0.138. The Morgan fingerprint density at radius 1 is 1.10 bits per heavy atom. The van der Waals surface area contributed by atoms with Gasteiger partial charge in [0.15, 0.2) is 0 Å². The highest BCUT2D eigenvalue weighted by Crippen LogP contribution is 2.32. The number of aryl methyl sites for hydroxylation is 1. The van der Waals surface area contributed by atoms with Gasteiger partial charge in [0.1, 0.15) is 4.75 Å². The zero-order valence-electron chi connectivity index (χ0n) is 17.7. The molecule has 8 heteroatoms. The number of aromatic nitrogens is 3. The van der Waals surface area contributed by atoms with Crippen LogP contribution in [0.25, 0.3) is 0 Å². The molecular formula is C23H25N3O4S. The lowest BCUT2D eigenvalue weighted by atomic mass is 10.1. The number of carboxylic acids is 1. The maximum Gasteiger partial charge on any atom is 0.338 e. The number of esters is 1. The molecule has 0 amide bonds. The highest BCUT2D eigenvalue weighted by Gasteiger charge is 2.28. The first-order chi connectivity index (χ1) is 14.7. The Labute approximate surface area is 185 Å². The van der Waals surface area contributed by atoms with Gasteiger partial charge in [0.25, 0.3) is 0 Å². The molecule has 2 aromatic carbocycles. The number of benzene rings is 2. The Bertz CT molecular complexity index is 1040. The van der Waals surface area contributed by atoms with Gasteiger partial charge in [-0.3, -0.25) is 4.79 Å². The number of aliphatic carboxylic acids is 1. The smallest absolute Gasteiger partial charge is 0.338 e. The standard InChI is InChI=1S/C23H25N3O4S/c1-16-4-6-17(7-5-16)14-26-15-19(24-25-26)12-13-30-21(27)18-8-10-20(11-9-18)31-23(2,3)22(28)29/h4-11,15H,12-14H2,1-3H3,(H,28,29). The summed E-state index contributed by atoms with van der Waals surface area (Å²) >= 11 is 1.22. The van der Waals surface area contributed by atoms with Gasteiger partial charge in [0.05, 0.1) is 24.4 Å². The van der Waals surface area contributed by atoms with Crippen molar-refractivity contribution in [3.05, 3.63) is 77.1 Å². The van der Waals surface area contributed by atoms with E-state index < -0.39 is 16.7 Å². The quantitative estimate of drug-likeness (QED) is 0.398. The van der Waals surface area contributed by atoms with Gasteiger partial charge in [-0.05, 0) is 50.6 Å². The van der Waals surface area contributed by atoms with E-state index in [1.165, 1.54) is 17.3 Å². The monoisotopic (exact) mass is 439 g/mol. The van der Waals surface area contributed by atoms with Gasteiger partial charge in [-0.25, -0.2) is 9.48 Å². The molecule has 7 nitrogen and oxygen atoms in total. The third kappa shape index (κ3) is 6.42. The van der Waals surface area contributed by atoms with Gasteiger partial charge in [-0.1, -0.05) is 35.0 Å². The van der Waals surface area contributed by atoms with Crippen molar-refractivity contribution in [2.75, 3.05) is 6.61 Å². The van der Waals surface area contributed by atoms with Crippen molar-refractivity contribution in [3.63, 3.8) is 0 Å². The first-order valence-corrected chi connectivity index (χ1v) is 10.7. The van der Waals surface area contributed by atoms with E-state index in [1.807, 2.05) is 13.1 Å². The Kier molecular flexibility index (Phi) is 7.12. The molecule has 31 heavy (non-hydrogen) atoms. The molecule has 0 bridgehead atoms. The van der Waals surface area contributed by atoms with Crippen molar-refractivity contribution in [3.8, 4) is 0 Å². The summed E-state index contributed by atoms with van der Waals surface area (Å²) in [5, 5.41) is 17.5. The average Bonchev–Trinajstić information content (AvgIpc) is 3.17. The average molecular weight is 440 g/mol. The topological polar surface area (TPSA) is 94.3 Å². The van der Waals surface area contributed by atoms with Crippen LogP contribution >= 0.6 is 11.8 Å². The third-order valence-electron chi connectivity index (χ3n) is 4.62. The SMILES string of the molecule is Cc1ccc(Cn2cc(CCOC(=O)c3ccc(SC(C)(C)C(=O)O)cc3)nn2)cc1. The number of carboxylic acid groups (broad SMARTS) is 1. The number of carbonyl (C=O) groups is 2. The first kappa shape index (κ1) is 22.6. The van der Waals surface area contributed by atoms with Crippen LogP contribution < -0.4 is 0 Å². The van der Waals surface area contributed by atoms with Crippen molar-refractivity contribution in [1.82, 2.24) is 15.0 Å². The van der Waals surface area contributed by atoms with Crippen LogP contribution in [0.4, 0.5) is 0 Å². The molecule has 0 unspecified atom stereocenters. The van der Waals surface area contributed by atoms with Gasteiger partial charge in [-0.15, -0.1) is 16.9 Å². The third-order valence-corrected chi connectivity index (χ3v) is 5.81. The molecule has 0 atom stereocenters. The Hall–Kier alpha value is -3.13. The second-order valence-electron chi connectivity index (χ2n) is 7.72. The second-order valence-corrected chi connectivity index (χ2v) is 9.42. The number of thioether (sulfide) groups is 1. The molecule has 0 saturated heterocycles. The highest BCUT2D eigenvalue weighted by molar-refractivity contribution is 8.01. The molecule has 1 aromatic heterocycles. The summed E-state index contributed by atoms with van der Waals surface area (Å²) in [4.78, 5) is 24.3. The minimum atomic E-state index is -0.946. The molecule has 0 fully saturated rings. The van der Waals surface area contributed by atoms with Crippen LogP contribution in [0.1, 0.15) is 41.0 Å². The molecule has 0 spiro atoms. The molecule has 0 aliphatic carbocycles. The molecule has 0 aliphatic rings. The molecule has 3 aromatic rings. The van der Waals surface area contributed by atoms with Crippen molar-refractivity contribution >= 4 is 23.7 Å². The maximum absolute atomic E-state index is 12.2. The predicted molar refractivity (Wildman–Crippen MR) is 118 cm³/mol. The maximum atomic E-state index is 12.2. The van der Waals surface area contributed by atoms with Crippen LogP contribution in [-0.2, 0) is 22.5 Å². The molecule has 0 radical (unpaired) electrons. The van der Waals surface area contributed by atoms with E-state index in [0.717, 1.165) is 16.2 Å². The summed E-state index contributed by atoms with van der Waals surface area (Å²) in [6.45, 7) is 6.16. The molecule has 0 saturated carbocycles. The summed E-state index contributed by atoms with van der Waals surface area (Å²) in [6, 6.07) is 15.0. The van der Waals surface area contributed by atoms with Gasteiger partial charge < -0.3 is 9.84 Å². The van der Waals surface area contributed by atoms with Crippen molar-refractivity contribution < 1.29 is 19.4 Å². The van der Waals surface area contributed by atoms with E-state index in [1.54, 1.807) is 42.8 Å². The fourth-order valence-electron chi connectivity index (χ4n) is 2.74. The zero-order valence-corrected chi connectivity index (χ0v) is 18.6. The Morgan fingerprint density at radius 2 is 1.77 bits per heavy atom. The van der Waals surface area contributed by atoms with E-state index in [-0.39, 0.29) is 6.61 Å². The van der Waals surface area contributed by atoms with Gasteiger partial charge in [0.2, 0.25) is 0 Å². The predicted octanol–water partition coefficient (Wildman–Crippen LogP) is 3.99. The van der Waals surface area contributed by atoms with Crippen molar-refractivity contribution in [1.29, 1.82) is 0 Å². The molecule has 162 valence electrons. The molecule has 3 rings (SSSR count). The lowest BCUT2D eigenvalue weighted by Gasteiger charge is -2.18. The number of rotatable bonds is 9. The van der Waals surface area contributed by atoms with Crippen LogP contribution in [0.3, 0.4) is 0 Å². The number of ether oxygens (including phenoxy) is 1. The molecule has 0 aliphatic heterocycles. The van der Waals surface area contributed by atoms with Crippen LogP contribution in [0.2, 0.25) is 0 Å². The number of hydrogen-bond donors (Lipinski definition) is 1. The Balaban J connectivity index is 1.47. The fraction of sp³-hybridized carbons (Fsp3) is 0.304. The van der Waals surface area contributed by atoms with E-state index in [4.69, 9.17) is 4.74 Å². The first-order valence-electron chi connectivity index (χ1n) is 9.87. The molecule has 1 heterocycles. The van der Waals surface area contributed by atoms with Crippen LogP contribution in [-0.4, -0.2) is 43.4 Å². The Morgan fingerprint density at radius 3 is 2.42 bits per heavy atom. The number of carbonyl (C=O) groups excluding carboxylic acids is 1. The van der Waals surface area contributed by atoms with Crippen LogP contribution in [0.15, 0.2) is 59.6 Å². The van der Waals surface area contributed by atoms with Gasteiger partial charge in [-0.2, -0.15) is 0 Å². The largest absolute Gasteiger partial charge is 0.480 e. The molecule has 1 N–H and O–H groups in total. The van der Waals surface area contributed by atoms with E-state index in [0.29, 0.717) is 18.5 Å². The summed E-state index contributed by atoms with van der Waals surface area (Å²) in [7, 11) is 0. The van der Waals surface area contributed by atoms with Crippen molar-refractivity contribution in [2.24, 2.45) is 0 Å². The lowest BCUT2D eigenvalue weighted by Crippen LogP contribution is -2.26. The summed E-state index contributed by atoms with van der Waals surface area (Å²) in [5.74, 6) is -1.32. The number of hydrogen-bond acceptors (Lipinski definition) is 6. The fourth-order valence-corrected chi connectivity index (χ4v) is 3.69. The van der Waals surface area contributed by atoms with Crippen LogP contribution in [0.5, 0.6) is 0 Å². The zero-order chi connectivity index (χ0) is 22.4. The molecular weight excluding hydrogens is 414 g/mol. The number of nitrogens with zero attached hydrogens (tertiary/aromatic N) is 3. The van der Waals surface area contributed by atoms with Crippen molar-refractivity contribution in [2.45, 2.75) is 43.4 Å². The van der Waals surface area contributed by atoms with E-state index in [2.05, 4.69) is 34.6 Å². The van der Waals surface area contributed by atoms with E-state index >= 15 is 0 Å². The highest BCUT2D eigenvalue weighted by atomic mass is 32.2. The van der Waals surface area contributed by atoms with Gasteiger partial charge >= 0.3 is 11.9 Å². The minimum absolute atomic E-state index is 0.199. The van der Waals surface area contributed by atoms with E-state index in [9.17, 15) is 14.7 Å². The second kappa shape index (κ2) is 9.78. The van der Waals surface area contributed by atoms with Crippen LogP contribution in [0, 0.1) is 6.92 Å². The summed E-state index contributed by atoms with van der Waals surface area (Å²) in [5.41, 5.74) is 3.52. The minimum Gasteiger partial charge on any atom is -0.480 e. The van der Waals surface area contributed by atoms with Gasteiger partial charge in [0, 0.05) is 17.5 Å².